The summed E-state index contributed by atoms with van der Waals surface area (Å²) in [6.45, 7) is 0. The number of hydrogen-bond donors (Lipinski definition) is 2. The Kier molecular flexibility index (Phi) is 3.89. The topological polar surface area (TPSA) is 52.6 Å². The molecule has 0 aliphatic carbocycles. The van der Waals surface area contributed by atoms with Gasteiger partial charge in [-0.05, 0) is 36.4 Å². The van der Waals surface area contributed by atoms with Crippen molar-refractivity contribution in [1.82, 2.24) is 0 Å². The number of carboxylic acids is 1. The first-order valence-electron chi connectivity index (χ1n) is 6.05. The van der Waals surface area contributed by atoms with Gasteiger partial charge in [0.2, 0.25) is 0 Å². The normalized spacial score (nSPS) is 10.2. The fourth-order valence-electron chi connectivity index (χ4n) is 1.82. The zero-order valence-electron chi connectivity index (χ0n) is 11.2. The van der Waals surface area contributed by atoms with Crippen LogP contribution in [0.2, 0.25) is 0 Å². The van der Waals surface area contributed by atoms with Crippen LogP contribution < -0.4 is 10.2 Å². The van der Waals surface area contributed by atoms with E-state index in [2.05, 4.69) is 5.32 Å². The molecule has 0 aliphatic rings. The zero-order chi connectivity index (χ0) is 14.7. The van der Waals surface area contributed by atoms with Gasteiger partial charge in [-0.3, -0.25) is 0 Å². The summed E-state index contributed by atoms with van der Waals surface area (Å²) in [5, 5.41) is 11.9. The number of aromatic carboxylic acids is 1. The van der Waals surface area contributed by atoms with Crippen LogP contribution in [0.25, 0.3) is 0 Å². The molecule has 0 heterocycles. The molecule has 104 valence electrons. The van der Waals surface area contributed by atoms with E-state index in [9.17, 15) is 9.18 Å². The number of carbonyl (C=O) groups is 1. The van der Waals surface area contributed by atoms with Crippen LogP contribution in [-0.2, 0) is 0 Å². The van der Waals surface area contributed by atoms with Gasteiger partial charge in [-0.25, -0.2) is 9.18 Å². The van der Waals surface area contributed by atoms with Crippen molar-refractivity contribution in [3.63, 3.8) is 0 Å². The molecule has 0 spiro atoms. The first kappa shape index (κ1) is 13.9. The summed E-state index contributed by atoms with van der Waals surface area (Å²) in [6, 6.07) is 11.2. The predicted octanol–water partition coefficient (Wildman–Crippen LogP) is 3.33. The van der Waals surface area contributed by atoms with Crippen LogP contribution in [0.5, 0.6) is 0 Å². The zero-order valence-corrected chi connectivity index (χ0v) is 11.2. The fourth-order valence-corrected chi connectivity index (χ4v) is 1.82. The number of nitrogens with one attached hydrogen (secondary N) is 1. The molecule has 0 unspecified atom stereocenters. The summed E-state index contributed by atoms with van der Waals surface area (Å²) in [5.41, 5.74) is 1.50. The Hall–Kier alpha value is -2.56. The minimum Gasteiger partial charge on any atom is -0.478 e. The predicted molar refractivity (Wildman–Crippen MR) is 77.4 cm³/mol. The van der Waals surface area contributed by atoms with Crippen LogP contribution >= 0.6 is 0 Å². The Morgan fingerprint density at radius 3 is 2.35 bits per heavy atom. The Morgan fingerprint density at radius 1 is 1.15 bits per heavy atom. The molecule has 0 amide bonds. The Bertz CT molecular complexity index is 624. The molecule has 2 aromatic carbocycles. The van der Waals surface area contributed by atoms with E-state index in [0.29, 0.717) is 5.69 Å². The summed E-state index contributed by atoms with van der Waals surface area (Å²) >= 11 is 0. The lowest BCUT2D eigenvalue weighted by Crippen LogP contribution is -2.08. The van der Waals surface area contributed by atoms with Crippen molar-refractivity contribution in [3.8, 4) is 0 Å². The molecule has 0 saturated carbocycles. The maximum atomic E-state index is 13.8. The van der Waals surface area contributed by atoms with E-state index in [1.165, 1.54) is 18.2 Å². The van der Waals surface area contributed by atoms with Crippen LogP contribution in [0.4, 0.5) is 21.5 Å². The van der Waals surface area contributed by atoms with Crippen molar-refractivity contribution in [3.05, 3.63) is 53.8 Å². The summed E-state index contributed by atoms with van der Waals surface area (Å²) < 4.78 is 13.8. The van der Waals surface area contributed by atoms with E-state index in [1.54, 1.807) is 12.1 Å². The van der Waals surface area contributed by atoms with Gasteiger partial charge >= 0.3 is 5.97 Å². The monoisotopic (exact) mass is 274 g/mol. The Morgan fingerprint density at radius 2 is 1.80 bits per heavy atom. The third-order valence-corrected chi connectivity index (χ3v) is 2.90. The van der Waals surface area contributed by atoms with Crippen molar-refractivity contribution in [1.29, 1.82) is 0 Å². The van der Waals surface area contributed by atoms with Gasteiger partial charge in [0.1, 0.15) is 5.82 Å². The van der Waals surface area contributed by atoms with Crippen molar-refractivity contribution in [2.75, 3.05) is 24.3 Å². The average molecular weight is 274 g/mol. The molecule has 0 aliphatic heterocycles. The highest BCUT2D eigenvalue weighted by Gasteiger charge is 2.14. The number of rotatable bonds is 4. The van der Waals surface area contributed by atoms with Crippen LogP contribution in [0, 0.1) is 5.82 Å². The summed E-state index contributed by atoms with van der Waals surface area (Å²) in [7, 11) is 3.84. The Labute approximate surface area is 116 Å². The van der Waals surface area contributed by atoms with Gasteiger partial charge in [0.05, 0.1) is 11.3 Å². The highest BCUT2D eigenvalue weighted by Crippen LogP contribution is 2.25. The quantitative estimate of drug-likeness (QED) is 0.898. The highest BCUT2D eigenvalue weighted by atomic mass is 19.1. The summed E-state index contributed by atoms with van der Waals surface area (Å²) in [4.78, 5) is 13.0. The molecule has 0 saturated heterocycles. The van der Waals surface area contributed by atoms with Gasteiger partial charge in [-0.1, -0.05) is 6.07 Å². The second-order valence-corrected chi connectivity index (χ2v) is 4.53. The van der Waals surface area contributed by atoms with Crippen LogP contribution in [0.1, 0.15) is 10.4 Å². The van der Waals surface area contributed by atoms with Gasteiger partial charge in [-0.2, -0.15) is 0 Å². The maximum absolute atomic E-state index is 13.8. The van der Waals surface area contributed by atoms with E-state index >= 15 is 0 Å². The van der Waals surface area contributed by atoms with Crippen LogP contribution in [-0.4, -0.2) is 25.2 Å². The molecule has 20 heavy (non-hydrogen) atoms. The standard InChI is InChI=1S/C15H15FN2O2/c1-18(2)11-8-6-10(7-9-11)17-14-12(15(19)20)4-3-5-13(14)16/h3-9,17H,1-2H3,(H,19,20). The lowest BCUT2D eigenvalue weighted by Gasteiger charge is -2.14. The number of benzene rings is 2. The Balaban J connectivity index is 2.32. The van der Waals surface area contributed by atoms with E-state index in [-0.39, 0.29) is 11.3 Å². The average Bonchev–Trinajstić information content (AvgIpc) is 2.41. The minimum atomic E-state index is -1.17. The van der Waals surface area contributed by atoms with Crippen LogP contribution in [0.3, 0.4) is 0 Å². The number of carboxylic acid groups (broad SMARTS) is 1. The van der Waals surface area contributed by atoms with Gasteiger partial charge in [0, 0.05) is 25.5 Å². The number of anilines is 3. The third-order valence-electron chi connectivity index (χ3n) is 2.90. The van der Waals surface area contributed by atoms with Gasteiger partial charge in [0.25, 0.3) is 0 Å². The largest absolute Gasteiger partial charge is 0.478 e. The smallest absolute Gasteiger partial charge is 0.337 e. The fraction of sp³-hybridized carbons (Fsp3) is 0.133. The molecule has 2 N–H and O–H groups in total. The molecule has 0 aromatic heterocycles. The molecule has 0 bridgehead atoms. The maximum Gasteiger partial charge on any atom is 0.337 e. The second-order valence-electron chi connectivity index (χ2n) is 4.53. The first-order valence-corrected chi connectivity index (χ1v) is 6.05. The molecular weight excluding hydrogens is 259 g/mol. The molecule has 4 nitrogen and oxygen atoms in total. The molecule has 0 radical (unpaired) electrons. The van der Waals surface area contributed by atoms with E-state index < -0.39 is 11.8 Å². The van der Waals surface area contributed by atoms with Crippen molar-refractivity contribution in [2.45, 2.75) is 0 Å². The summed E-state index contributed by atoms with van der Waals surface area (Å²) in [5.74, 6) is -1.77. The van der Waals surface area contributed by atoms with Crippen molar-refractivity contribution < 1.29 is 14.3 Å². The number of halogens is 1. The molecule has 0 atom stereocenters. The second kappa shape index (κ2) is 5.61. The third kappa shape index (κ3) is 2.88. The summed E-state index contributed by atoms with van der Waals surface area (Å²) in [6.07, 6.45) is 0. The lowest BCUT2D eigenvalue weighted by atomic mass is 10.1. The number of nitrogens with zero attached hydrogens (tertiary/aromatic N) is 1. The molecule has 5 heteroatoms. The lowest BCUT2D eigenvalue weighted by molar-refractivity contribution is 0.0697. The van der Waals surface area contributed by atoms with Gasteiger partial charge in [0.15, 0.2) is 0 Å². The van der Waals surface area contributed by atoms with Crippen LogP contribution in [0.15, 0.2) is 42.5 Å². The van der Waals surface area contributed by atoms with Crippen molar-refractivity contribution >= 4 is 23.0 Å². The number of hydrogen-bond acceptors (Lipinski definition) is 3. The molecular formula is C15H15FN2O2. The van der Waals surface area contributed by atoms with E-state index in [0.717, 1.165) is 5.69 Å². The van der Waals surface area contributed by atoms with E-state index in [4.69, 9.17) is 5.11 Å². The molecule has 0 fully saturated rings. The van der Waals surface area contributed by atoms with E-state index in [1.807, 2.05) is 31.1 Å². The SMILES string of the molecule is CN(C)c1ccc(Nc2c(F)cccc2C(=O)O)cc1. The highest BCUT2D eigenvalue weighted by molar-refractivity contribution is 5.95. The number of para-hydroxylation sites is 1. The molecule has 2 aromatic rings. The van der Waals surface area contributed by atoms with Gasteiger partial charge < -0.3 is 15.3 Å². The molecule has 2 rings (SSSR count). The van der Waals surface area contributed by atoms with Crippen molar-refractivity contribution in [2.24, 2.45) is 0 Å². The van der Waals surface area contributed by atoms with Gasteiger partial charge in [-0.15, -0.1) is 0 Å². The first-order chi connectivity index (χ1) is 9.49. The minimum absolute atomic E-state index is 0.0300.